The number of rotatable bonds is 7. The van der Waals surface area contributed by atoms with E-state index >= 15 is 0 Å². The molecule has 0 spiro atoms. The van der Waals surface area contributed by atoms with Gasteiger partial charge in [-0.1, -0.05) is 51.1 Å². The molecule has 0 aliphatic carbocycles. The minimum atomic E-state index is -0.384. The molecule has 0 atom stereocenters. The van der Waals surface area contributed by atoms with E-state index in [-0.39, 0.29) is 36.9 Å². The first-order valence-electron chi connectivity index (χ1n) is 9.18. The summed E-state index contributed by atoms with van der Waals surface area (Å²) in [7, 11) is 0. The topological polar surface area (TPSA) is 74.5 Å². The van der Waals surface area contributed by atoms with Crippen LogP contribution in [-0.4, -0.2) is 22.8 Å². The standard InChI is InChI=1S/C22H24N2O4/c1-22(2,3)17-9-11-18(12-10-17)26-14-13-20(25)27-15-19-23-24-21(28-19)16-7-5-4-6-8-16/h4-12H,13-15H2,1-3H3. The van der Waals surface area contributed by atoms with Gasteiger partial charge in [-0.15, -0.1) is 10.2 Å². The molecular weight excluding hydrogens is 356 g/mol. The van der Waals surface area contributed by atoms with E-state index in [1.54, 1.807) is 0 Å². The number of ether oxygens (including phenoxy) is 2. The minimum Gasteiger partial charge on any atom is -0.493 e. The van der Waals surface area contributed by atoms with Crippen molar-refractivity contribution >= 4 is 5.97 Å². The molecule has 0 aliphatic rings. The molecule has 0 aliphatic heterocycles. The molecule has 2 aromatic carbocycles. The van der Waals surface area contributed by atoms with Crippen LogP contribution in [0.15, 0.2) is 59.0 Å². The normalized spacial score (nSPS) is 11.2. The summed E-state index contributed by atoms with van der Waals surface area (Å²) in [4.78, 5) is 11.9. The molecule has 1 aromatic heterocycles. The summed E-state index contributed by atoms with van der Waals surface area (Å²) < 4.78 is 16.3. The van der Waals surface area contributed by atoms with Crippen molar-refractivity contribution in [1.29, 1.82) is 0 Å². The minimum absolute atomic E-state index is 0.0566. The van der Waals surface area contributed by atoms with Gasteiger partial charge in [0.15, 0.2) is 6.61 Å². The van der Waals surface area contributed by atoms with E-state index in [4.69, 9.17) is 13.9 Å². The predicted molar refractivity (Wildman–Crippen MR) is 105 cm³/mol. The molecular formula is C22H24N2O4. The molecule has 0 N–H and O–H groups in total. The number of hydrogen-bond acceptors (Lipinski definition) is 6. The van der Waals surface area contributed by atoms with Gasteiger partial charge >= 0.3 is 5.97 Å². The van der Waals surface area contributed by atoms with Crippen molar-refractivity contribution in [3.05, 3.63) is 66.1 Å². The van der Waals surface area contributed by atoms with Crippen molar-refractivity contribution in [2.75, 3.05) is 6.61 Å². The first kappa shape index (κ1) is 19.6. The van der Waals surface area contributed by atoms with E-state index in [9.17, 15) is 4.79 Å². The van der Waals surface area contributed by atoms with Crippen LogP contribution in [0.1, 0.15) is 38.6 Å². The maximum atomic E-state index is 11.9. The fraction of sp³-hybridized carbons (Fsp3) is 0.318. The third-order valence-electron chi connectivity index (χ3n) is 4.14. The Hall–Kier alpha value is -3.15. The lowest BCUT2D eigenvalue weighted by molar-refractivity contribution is -0.146. The van der Waals surface area contributed by atoms with E-state index in [2.05, 4.69) is 31.0 Å². The average Bonchev–Trinajstić information content (AvgIpc) is 3.16. The van der Waals surface area contributed by atoms with Gasteiger partial charge in [-0.25, -0.2) is 0 Å². The van der Waals surface area contributed by atoms with E-state index < -0.39 is 0 Å². The Morgan fingerprint density at radius 3 is 2.39 bits per heavy atom. The molecule has 0 saturated carbocycles. The Balaban J connectivity index is 1.41. The quantitative estimate of drug-likeness (QED) is 0.560. The molecule has 6 nitrogen and oxygen atoms in total. The highest BCUT2D eigenvalue weighted by atomic mass is 16.5. The lowest BCUT2D eigenvalue weighted by Crippen LogP contribution is -2.11. The lowest BCUT2D eigenvalue weighted by Gasteiger charge is -2.19. The number of carbonyl (C=O) groups excluding carboxylic acids is 1. The van der Waals surface area contributed by atoms with Crippen LogP contribution < -0.4 is 4.74 Å². The van der Waals surface area contributed by atoms with Gasteiger partial charge in [-0.2, -0.15) is 0 Å². The second kappa shape index (κ2) is 8.69. The Morgan fingerprint density at radius 1 is 1.00 bits per heavy atom. The zero-order chi connectivity index (χ0) is 20.0. The SMILES string of the molecule is CC(C)(C)c1ccc(OCCC(=O)OCc2nnc(-c3ccccc3)o2)cc1. The van der Waals surface area contributed by atoms with Crippen LogP contribution in [0.2, 0.25) is 0 Å². The number of carbonyl (C=O) groups is 1. The summed E-state index contributed by atoms with van der Waals surface area (Å²) in [6.45, 7) is 6.66. The van der Waals surface area contributed by atoms with Crippen LogP contribution in [0.4, 0.5) is 0 Å². The maximum absolute atomic E-state index is 11.9. The second-order valence-electron chi connectivity index (χ2n) is 7.40. The number of benzene rings is 2. The van der Waals surface area contributed by atoms with Gasteiger partial charge < -0.3 is 13.9 Å². The first-order chi connectivity index (χ1) is 13.4. The van der Waals surface area contributed by atoms with Gasteiger partial charge in [-0.3, -0.25) is 4.79 Å². The molecule has 0 radical (unpaired) electrons. The molecule has 0 amide bonds. The molecule has 0 unspecified atom stereocenters. The monoisotopic (exact) mass is 380 g/mol. The van der Waals surface area contributed by atoms with Crippen molar-refractivity contribution < 1.29 is 18.7 Å². The predicted octanol–water partition coefficient (Wildman–Crippen LogP) is 4.55. The molecule has 3 aromatic rings. The van der Waals surface area contributed by atoms with Gasteiger partial charge in [0.1, 0.15) is 5.75 Å². The lowest BCUT2D eigenvalue weighted by atomic mass is 9.87. The summed E-state index contributed by atoms with van der Waals surface area (Å²) in [6.07, 6.45) is 0.140. The average molecular weight is 380 g/mol. The maximum Gasteiger partial charge on any atom is 0.309 e. The molecule has 146 valence electrons. The number of esters is 1. The zero-order valence-electron chi connectivity index (χ0n) is 16.3. The fourth-order valence-electron chi connectivity index (χ4n) is 2.53. The van der Waals surface area contributed by atoms with Crippen LogP contribution >= 0.6 is 0 Å². The number of nitrogens with zero attached hydrogens (tertiary/aromatic N) is 2. The Bertz CT molecular complexity index is 896. The van der Waals surface area contributed by atoms with E-state index in [0.29, 0.717) is 5.89 Å². The van der Waals surface area contributed by atoms with Crippen LogP contribution in [0.5, 0.6) is 5.75 Å². The van der Waals surface area contributed by atoms with Crippen LogP contribution in [0.3, 0.4) is 0 Å². The molecule has 0 bridgehead atoms. The van der Waals surface area contributed by atoms with Crippen molar-refractivity contribution in [1.82, 2.24) is 10.2 Å². The van der Waals surface area contributed by atoms with E-state index in [0.717, 1.165) is 11.3 Å². The smallest absolute Gasteiger partial charge is 0.309 e. The van der Waals surface area contributed by atoms with Gasteiger partial charge in [0.25, 0.3) is 5.89 Å². The molecule has 1 heterocycles. The molecule has 0 fully saturated rings. The molecule has 28 heavy (non-hydrogen) atoms. The summed E-state index contributed by atoms with van der Waals surface area (Å²) in [5.74, 6) is 0.996. The summed E-state index contributed by atoms with van der Waals surface area (Å²) >= 11 is 0. The highest BCUT2D eigenvalue weighted by molar-refractivity contribution is 5.69. The first-order valence-corrected chi connectivity index (χ1v) is 9.18. The highest BCUT2D eigenvalue weighted by Crippen LogP contribution is 2.24. The molecule has 3 rings (SSSR count). The van der Waals surface area contributed by atoms with E-state index in [1.165, 1.54) is 5.56 Å². The van der Waals surface area contributed by atoms with Gasteiger partial charge in [0.05, 0.1) is 13.0 Å². The summed E-state index contributed by atoms with van der Waals surface area (Å²) in [5.41, 5.74) is 2.14. The third kappa shape index (κ3) is 5.42. The summed E-state index contributed by atoms with van der Waals surface area (Å²) in [6, 6.07) is 17.3. The van der Waals surface area contributed by atoms with Gasteiger partial charge in [0.2, 0.25) is 5.89 Å². The molecule has 0 saturated heterocycles. The van der Waals surface area contributed by atoms with Crippen LogP contribution in [-0.2, 0) is 21.6 Å². The number of hydrogen-bond donors (Lipinski definition) is 0. The zero-order valence-corrected chi connectivity index (χ0v) is 16.3. The third-order valence-corrected chi connectivity index (χ3v) is 4.14. The Labute approximate surface area is 164 Å². The molecule has 6 heteroatoms. The Morgan fingerprint density at radius 2 is 1.71 bits per heavy atom. The van der Waals surface area contributed by atoms with E-state index in [1.807, 2.05) is 54.6 Å². The number of aromatic nitrogens is 2. The van der Waals surface area contributed by atoms with Crippen molar-refractivity contribution in [2.24, 2.45) is 0 Å². The fourth-order valence-corrected chi connectivity index (χ4v) is 2.53. The Kier molecular flexibility index (Phi) is 6.09. The highest BCUT2D eigenvalue weighted by Gasteiger charge is 2.13. The van der Waals surface area contributed by atoms with Gasteiger partial charge in [0, 0.05) is 5.56 Å². The van der Waals surface area contributed by atoms with Crippen LogP contribution in [0, 0.1) is 0 Å². The van der Waals surface area contributed by atoms with Crippen molar-refractivity contribution in [2.45, 2.75) is 39.2 Å². The largest absolute Gasteiger partial charge is 0.493 e. The van der Waals surface area contributed by atoms with Crippen LogP contribution in [0.25, 0.3) is 11.5 Å². The van der Waals surface area contributed by atoms with Crippen molar-refractivity contribution in [3.63, 3.8) is 0 Å². The summed E-state index contributed by atoms with van der Waals surface area (Å²) in [5, 5.41) is 7.85. The second-order valence-corrected chi connectivity index (χ2v) is 7.40. The van der Waals surface area contributed by atoms with Crippen molar-refractivity contribution in [3.8, 4) is 17.2 Å². The van der Waals surface area contributed by atoms with Gasteiger partial charge in [-0.05, 0) is 35.2 Å².